The SMILES string of the molecule is CC(C)ON(C)c1nc(N)nc(N)n1. The number of rotatable bonds is 3. The average Bonchev–Trinajstić information content (AvgIpc) is 2.00. The first-order valence-electron chi connectivity index (χ1n) is 4.16. The van der Waals surface area contributed by atoms with Gasteiger partial charge in [0.25, 0.3) is 5.95 Å². The molecule has 0 fully saturated rings. The second-order valence-electron chi connectivity index (χ2n) is 3.00. The average molecular weight is 198 g/mol. The van der Waals surface area contributed by atoms with Crippen molar-refractivity contribution in [1.29, 1.82) is 0 Å². The third-order valence-electron chi connectivity index (χ3n) is 1.31. The summed E-state index contributed by atoms with van der Waals surface area (Å²) in [4.78, 5) is 16.7. The highest BCUT2D eigenvalue weighted by Crippen LogP contribution is 2.09. The number of anilines is 3. The molecule has 1 aromatic heterocycles. The Hall–Kier alpha value is -1.63. The van der Waals surface area contributed by atoms with Crippen LogP contribution < -0.4 is 16.5 Å². The fraction of sp³-hybridized carbons (Fsp3) is 0.571. The Morgan fingerprint density at radius 1 is 1.14 bits per heavy atom. The lowest BCUT2D eigenvalue weighted by Crippen LogP contribution is -2.25. The molecule has 1 rings (SSSR count). The summed E-state index contributed by atoms with van der Waals surface area (Å²) in [5, 5.41) is 1.40. The van der Waals surface area contributed by atoms with Crippen molar-refractivity contribution >= 4 is 17.8 Å². The van der Waals surface area contributed by atoms with Crippen LogP contribution in [-0.2, 0) is 4.84 Å². The van der Waals surface area contributed by atoms with Crippen LogP contribution in [0.5, 0.6) is 0 Å². The molecular formula is C7H14N6O. The molecular weight excluding hydrogens is 184 g/mol. The molecule has 0 unspecified atom stereocenters. The standard InChI is InChI=1S/C7H14N6O/c1-4(2)14-13(3)7-11-5(8)10-6(9)12-7/h4H,1-3H3,(H4,8,9,10,11,12). The van der Waals surface area contributed by atoms with Gasteiger partial charge in [0.1, 0.15) is 0 Å². The molecule has 1 aromatic rings. The zero-order chi connectivity index (χ0) is 10.7. The molecule has 0 aliphatic rings. The van der Waals surface area contributed by atoms with Gasteiger partial charge < -0.3 is 11.5 Å². The molecule has 0 saturated carbocycles. The molecule has 14 heavy (non-hydrogen) atoms. The van der Waals surface area contributed by atoms with Crippen LogP contribution in [0.15, 0.2) is 0 Å². The van der Waals surface area contributed by atoms with Gasteiger partial charge in [0, 0.05) is 7.05 Å². The highest BCUT2D eigenvalue weighted by molar-refractivity contribution is 5.36. The quantitative estimate of drug-likeness (QED) is 0.649. The molecule has 4 N–H and O–H groups in total. The normalized spacial score (nSPS) is 10.6. The molecule has 0 amide bonds. The summed E-state index contributed by atoms with van der Waals surface area (Å²) in [5.41, 5.74) is 10.8. The molecule has 0 atom stereocenters. The molecule has 0 spiro atoms. The molecule has 0 aliphatic heterocycles. The van der Waals surface area contributed by atoms with Crippen LogP contribution in [-0.4, -0.2) is 28.1 Å². The van der Waals surface area contributed by atoms with Gasteiger partial charge in [-0.25, -0.2) is 5.06 Å². The smallest absolute Gasteiger partial charge is 0.256 e. The van der Waals surface area contributed by atoms with Crippen molar-refractivity contribution < 1.29 is 4.84 Å². The Bertz CT molecular complexity index is 295. The summed E-state index contributed by atoms with van der Waals surface area (Å²) < 4.78 is 0. The predicted molar refractivity (Wildman–Crippen MR) is 53.3 cm³/mol. The van der Waals surface area contributed by atoms with Gasteiger partial charge in [-0.2, -0.15) is 15.0 Å². The molecule has 7 heteroatoms. The summed E-state index contributed by atoms with van der Waals surface area (Å²) in [7, 11) is 1.67. The first-order chi connectivity index (χ1) is 6.49. The number of nitrogens with two attached hydrogens (primary N) is 2. The highest BCUT2D eigenvalue weighted by Gasteiger charge is 2.09. The molecule has 0 bridgehead atoms. The summed E-state index contributed by atoms with van der Waals surface area (Å²) in [6, 6.07) is 0. The monoisotopic (exact) mass is 198 g/mol. The molecule has 0 saturated heterocycles. The third-order valence-corrected chi connectivity index (χ3v) is 1.31. The molecule has 0 aliphatic carbocycles. The lowest BCUT2D eigenvalue weighted by Gasteiger charge is -2.18. The lowest BCUT2D eigenvalue weighted by atomic mass is 10.5. The van der Waals surface area contributed by atoms with Crippen LogP contribution in [0.25, 0.3) is 0 Å². The van der Waals surface area contributed by atoms with E-state index in [0.717, 1.165) is 0 Å². The van der Waals surface area contributed by atoms with E-state index in [9.17, 15) is 0 Å². The third kappa shape index (κ3) is 2.70. The predicted octanol–water partition coefficient (Wildman–Crippen LogP) is -0.188. The Morgan fingerprint density at radius 2 is 1.64 bits per heavy atom. The van der Waals surface area contributed by atoms with Gasteiger partial charge >= 0.3 is 0 Å². The summed E-state index contributed by atoms with van der Waals surface area (Å²) in [5.74, 6) is 0.446. The van der Waals surface area contributed by atoms with Crippen LogP contribution in [0.3, 0.4) is 0 Å². The molecule has 1 heterocycles. The summed E-state index contributed by atoms with van der Waals surface area (Å²) in [6.45, 7) is 3.79. The van der Waals surface area contributed by atoms with Crippen molar-refractivity contribution in [3.8, 4) is 0 Å². The van der Waals surface area contributed by atoms with E-state index >= 15 is 0 Å². The largest absolute Gasteiger partial charge is 0.368 e. The second-order valence-corrected chi connectivity index (χ2v) is 3.00. The number of hydroxylamine groups is 1. The maximum absolute atomic E-state index is 5.40. The van der Waals surface area contributed by atoms with Crippen LogP contribution in [0, 0.1) is 0 Å². The minimum absolute atomic E-state index is 0.0271. The topological polar surface area (TPSA) is 103 Å². The van der Waals surface area contributed by atoms with Crippen molar-refractivity contribution in [1.82, 2.24) is 15.0 Å². The van der Waals surface area contributed by atoms with Crippen molar-refractivity contribution in [3.63, 3.8) is 0 Å². The second kappa shape index (κ2) is 4.05. The van der Waals surface area contributed by atoms with Crippen LogP contribution >= 0.6 is 0 Å². The molecule has 0 radical (unpaired) electrons. The zero-order valence-corrected chi connectivity index (χ0v) is 8.43. The van der Waals surface area contributed by atoms with Gasteiger partial charge in [-0.15, -0.1) is 0 Å². The Balaban J connectivity index is 2.84. The molecule has 7 nitrogen and oxygen atoms in total. The Morgan fingerprint density at radius 3 is 2.07 bits per heavy atom. The number of aromatic nitrogens is 3. The van der Waals surface area contributed by atoms with E-state index in [1.165, 1.54) is 5.06 Å². The van der Waals surface area contributed by atoms with E-state index in [0.29, 0.717) is 5.95 Å². The first-order valence-corrected chi connectivity index (χ1v) is 4.16. The number of hydrogen-bond acceptors (Lipinski definition) is 7. The Kier molecular flexibility index (Phi) is 3.03. The fourth-order valence-corrected chi connectivity index (χ4v) is 0.901. The highest BCUT2D eigenvalue weighted by atomic mass is 16.7. The van der Waals surface area contributed by atoms with Crippen molar-refractivity contribution in [3.05, 3.63) is 0 Å². The number of hydrogen-bond donors (Lipinski definition) is 2. The van der Waals surface area contributed by atoms with E-state index in [4.69, 9.17) is 16.3 Å². The van der Waals surface area contributed by atoms with Crippen molar-refractivity contribution in [2.45, 2.75) is 20.0 Å². The van der Waals surface area contributed by atoms with Crippen LogP contribution in [0.1, 0.15) is 13.8 Å². The van der Waals surface area contributed by atoms with Gasteiger partial charge in [-0.1, -0.05) is 0 Å². The van der Waals surface area contributed by atoms with E-state index in [1.807, 2.05) is 13.8 Å². The van der Waals surface area contributed by atoms with E-state index in [-0.39, 0.29) is 18.0 Å². The van der Waals surface area contributed by atoms with E-state index in [2.05, 4.69) is 15.0 Å². The maximum Gasteiger partial charge on any atom is 0.256 e. The fourth-order valence-electron chi connectivity index (χ4n) is 0.901. The van der Waals surface area contributed by atoms with Crippen LogP contribution in [0.4, 0.5) is 17.8 Å². The lowest BCUT2D eigenvalue weighted by molar-refractivity contribution is 0.0643. The van der Waals surface area contributed by atoms with Crippen molar-refractivity contribution in [2.75, 3.05) is 23.6 Å². The van der Waals surface area contributed by atoms with Gasteiger partial charge in [0.15, 0.2) is 0 Å². The van der Waals surface area contributed by atoms with Crippen molar-refractivity contribution in [2.24, 2.45) is 0 Å². The number of nitrogens with zero attached hydrogens (tertiary/aromatic N) is 4. The maximum atomic E-state index is 5.40. The zero-order valence-electron chi connectivity index (χ0n) is 8.43. The minimum atomic E-state index is 0.0271. The molecule has 0 aromatic carbocycles. The van der Waals surface area contributed by atoms with E-state index in [1.54, 1.807) is 7.05 Å². The van der Waals surface area contributed by atoms with Gasteiger partial charge in [-0.3, -0.25) is 4.84 Å². The van der Waals surface area contributed by atoms with E-state index < -0.39 is 0 Å². The van der Waals surface area contributed by atoms with Gasteiger partial charge in [0.05, 0.1) is 6.10 Å². The first kappa shape index (κ1) is 10.5. The summed E-state index contributed by atoms with van der Waals surface area (Å²) >= 11 is 0. The minimum Gasteiger partial charge on any atom is -0.368 e. The van der Waals surface area contributed by atoms with Gasteiger partial charge in [0.2, 0.25) is 11.9 Å². The van der Waals surface area contributed by atoms with Crippen LogP contribution in [0.2, 0.25) is 0 Å². The van der Waals surface area contributed by atoms with Gasteiger partial charge in [-0.05, 0) is 13.8 Å². The molecule has 78 valence electrons. The Labute approximate surface area is 82.1 Å². The number of nitrogen functional groups attached to an aromatic ring is 2. The summed E-state index contributed by atoms with van der Waals surface area (Å²) in [6.07, 6.45) is 0.0271.